The van der Waals surface area contributed by atoms with Gasteiger partial charge in [0.2, 0.25) is 0 Å². The van der Waals surface area contributed by atoms with E-state index >= 15 is 0 Å². The fourth-order valence-corrected chi connectivity index (χ4v) is 3.98. The molecule has 0 fully saturated rings. The molecule has 32 heavy (non-hydrogen) atoms. The Hall–Kier alpha value is -3.23. The van der Waals surface area contributed by atoms with Crippen molar-refractivity contribution in [2.45, 2.75) is 57.3 Å². The predicted octanol–water partition coefficient (Wildman–Crippen LogP) is 2.93. The maximum Gasteiger partial charge on any atom is 0.312 e. The number of carboxylic acids is 1. The summed E-state index contributed by atoms with van der Waals surface area (Å²) in [4.78, 5) is 37.1. The summed E-state index contributed by atoms with van der Waals surface area (Å²) in [7, 11) is 0. The van der Waals surface area contributed by atoms with Gasteiger partial charge in [-0.3, -0.25) is 9.59 Å². The van der Waals surface area contributed by atoms with Crippen LogP contribution in [0, 0.1) is 0 Å². The number of carboxylic acid groups (broad SMARTS) is 1. The lowest BCUT2D eigenvalue weighted by molar-refractivity contribution is -0.139. The third-order valence-corrected chi connectivity index (χ3v) is 5.75. The molecular formula is C23H28N4O5. The first-order valence-corrected chi connectivity index (χ1v) is 11.2. The van der Waals surface area contributed by atoms with E-state index < -0.39 is 11.9 Å². The van der Waals surface area contributed by atoms with Crippen molar-refractivity contribution in [2.75, 3.05) is 25.1 Å². The molecular weight excluding hydrogens is 412 g/mol. The summed E-state index contributed by atoms with van der Waals surface area (Å²) in [5.74, 6) is -0.416. The number of nitrogens with zero attached hydrogens (tertiary/aromatic N) is 3. The summed E-state index contributed by atoms with van der Waals surface area (Å²) in [5.41, 5.74) is 2.58. The summed E-state index contributed by atoms with van der Waals surface area (Å²) in [6.07, 6.45) is 6.85. The van der Waals surface area contributed by atoms with Gasteiger partial charge in [0.25, 0.3) is 11.8 Å². The van der Waals surface area contributed by atoms with Gasteiger partial charge < -0.3 is 19.9 Å². The van der Waals surface area contributed by atoms with Crippen LogP contribution in [0.4, 0.5) is 5.82 Å². The molecule has 170 valence electrons. The van der Waals surface area contributed by atoms with Crippen LogP contribution in [0.2, 0.25) is 0 Å². The number of carbonyl (C=O) groups is 2. The fourth-order valence-electron chi connectivity index (χ4n) is 3.98. The van der Waals surface area contributed by atoms with Gasteiger partial charge in [-0.05, 0) is 50.2 Å². The van der Waals surface area contributed by atoms with Crippen LogP contribution in [-0.4, -0.2) is 51.6 Å². The van der Waals surface area contributed by atoms with Crippen LogP contribution >= 0.6 is 0 Å². The van der Waals surface area contributed by atoms with Gasteiger partial charge in [-0.15, -0.1) is 0 Å². The number of rotatable bonds is 10. The van der Waals surface area contributed by atoms with Crippen LogP contribution in [0.5, 0.6) is 11.8 Å². The van der Waals surface area contributed by atoms with Gasteiger partial charge in [-0.1, -0.05) is 6.07 Å². The van der Waals surface area contributed by atoms with E-state index in [1.165, 1.54) is 11.8 Å². The molecule has 4 heterocycles. The van der Waals surface area contributed by atoms with Crippen LogP contribution in [0.1, 0.15) is 61.4 Å². The number of aryl methyl sites for hydroxylation is 2. The number of unbranched alkanes of at least 4 members (excludes halogenated alkanes) is 1. The average Bonchev–Trinajstić information content (AvgIpc) is 2.81. The molecule has 0 bridgehead atoms. The second-order valence-corrected chi connectivity index (χ2v) is 8.12. The van der Waals surface area contributed by atoms with Crippen molar-refractivity contribution in [3.63, 3.8) is 0 Å². The highest BCUT2D eigenvalue weighted by molar-refractivity contribution is 5.80. The molecule has 2 aromatic heterocycles. The Kier molecular flexibility index (Phi) is 7.14. The maximum absolute atomic E-state index is 12.3. The number of Topliss-reactive ketones (excluding diaryl/α,β-unsaturated/α-hetero) is 1. The largest absolute Gasteiger partial charge is 0.481 e. The molecule has 2 aromatic rings. The molecule has 0 aliphatic carbocycles. The first-order chi connectivity index (χ1) is 15.6. The lowest BCUT2D eigenvalue weighted by Gasteiger charge is -2.18. The van der Waals surface area contributed by atoms with E-state index in [1.807, 2.05) is 0 Å². The first-order valence-electron chi connectivity index (χ1n) is 11.2. The van der Waals surface area contributed by atoms with E-state index in [1.54, 1.807) is 0 Å². The van der Waals surface area contributed by atoms with E-state index in [4.69, 9.17) is 9.47 Å². The molecule has 2 aliphatic rings. The summed E-state index contributed by atoms with van der Waals surface area (Å²) in [6, 6.07) is 4.21. The molecule has 0 radical (unpaired) electrons. The number of hydrogen-bond donors (Lipinski definition) is 2. The number of nitrogens with one attached hydrogen (secondary N) is 1. The van der Waals surface area contributed by atoms with Crippen LogP contribution in [0.25, 0.3) is 0 Å². The minimum atomic E-state index is -1.03. The Morgan fingerprint density at radius 3 is 2.78 bits per heavy atom. The molecule has 0 saturated heterocycles. The van der Waals surface area contributed by atoms with E-state index in [9.17, 15) is 14.7 Å². The Morgan fingerprint density at radius 2 is 1.94 bits per heavy atom. The molecule has 4 rings (SSSR count). The number of hydrogen-bond acceptors (Lipinski definition) is 8. The van der Waals surface area contributed by atoms with Crippen molar-refractivity contribution in [1.82, 2.24) is 15.0 Å². The van der Waals surface area contributed by atoms with Crippen molar-refractivity contribution >= 4 is 17.6 Å². The van der Waals surface area contributed by atoms with Crippen molar-refractivity contribution in [2.24, 2.45) is 0 Å². The number of aromatic nitrogens is 3. The molecule has 0 saturated carbocycles. The third-order valence-electron chi connectivity index (χ3n) is 5.75. The number of carbonyl (C=O) groups excluding carboxylic acids is 1. The van der Waals surface area contributed by atoms with E-state index in [2.05, 4.69) is 32.4 Å². The summed E-state index contributed by atoms with van der Waals surface area (Å²) in [5, 5.41) is 12.9. The third kappa shape index (κ3) is 5.52. The first kappa shape index (κ1) is 22.0. The van der Waals surface area contributed by atoms with Gasteiger partial charge in [0.1, 0.15) is 30.7 Å². The van der Waals surface area contributed by atoms with E-state index in [-0.39, 0.29) is 36.1 Å². The maximum atomic E-state index is 12.3. The van der Waals surface area contributed by atoms with Crippen LogP contribution in [0.15, 0.2) is 18.3 Å². The highest BCUT2D eigenvalue weighted by Crippen LogP contribution is 2.29. The lowest BCUT2D eigenvalue weighted by atomic mass is 9.96. The van der Waals surface area contributed by atoms with Gasteiger partial charge in [0.15, 0.2) is 0 Å². The molecule has 0 spiro atoms. The average molecular weight is 441 g/mol. The zero-order chi connectivity index (χ0) is 22.3. The van der Waals surface area contributed by atoms with E-state index in [0.717, 1.165) is 50.2 Å². The fraction of sp³-hybridized carbons (Fsp3) is 0.522. The Bertz CT molecular complexity index is 981. The van der Waals surface area contributed by atoms with Crippen molar-refractivity contribution in [3.05, 3.63) is 35.3 Å². The summed E-state index contributed by atoms with van der Waals surface area (Å²) < 4.78 is 10.7. The SMILES string of the molecule is O=C(CCCCc1ccc2c(n1)NCCC2)CC[C@H](C(=O)O)c1cnc2c(n1)OCCO2. The van der Waals surface area contributed by atoms with Crippen molar-refractivity contribution in [3.8, 4) is 11.8 Å². The Balaban J connectivity index is 1.22. The Morgan fingerprint density at radius 1 is 1.09 bits per heavy atom. The van der Waals surface area contributed by atoms with Gasteiger partial charge in [0, 0.05) is 25.1 Å². The molecule has 9 heteroatoms. The highest BCUT2D eigenvalue weighted by atomic mass is 16.6. The number of anilines is 1. The monoisotopic (exact) mass is 440 g/mol. The van der Waals surface area contributed by atoms with Gasteiger partial charge in [-0.2, -0.15) is 0 Å². The lowest BCUT2D eigenvalue weighted by Crippen LogP contribution is -2.20. The van der Waals surface area contributed by atoms with Gasteiger partial charge >= 0.3 is 5.97 Å². The zero-order valence-corrected chi connectivity index (χ0v) is 18.0. The molecule has 0 aromatic carbocycles. The van der Waals surface area contributed by atoms with Gasteiger partial charge in [0.05, 0.1) is 11.9 Å². The molecule has 2 aliphatic heterocycles. The molecule has 0 amide bonds. The number of ketones is 1. The molecule has 0 unspecified atom stereocenters. The number of fused-ring (bicyclic) bond motifs is 2. The smallest absolute Gasteiger partial charge is 0.312 e. The minimum absolute atomic E-state index is 0.0572. The molecule has 2 N–H and O–H groups in total. The summed E-state index contributed by atoms with van der Waals surface area (Å²) in [6.45, 7) is 1.70. The van der Waals surface area contributed by atoms with Crippen LogP contribution in [-0.2, 0) is 22.4 Å². The topological polar surface area (TPSA) is 124 Å². The number of pyridine rings is 1. The predicted molar refractivity (Wildman–Crippen MR) is 116 cm³/mol. The van der Waals surface area contributed by atoms with Crippen molar-refractivity contribution < 1.29 is 24.2 Å². The number of aliphatic carboxylic acids is 1. The number of ether oxygens (including phenoxy) is 2. The molecule has 9 nitrogen and oxygen atoms in total. The second kappa shape index (κ2) is 10.4. The minimum Gasteiger partial charge on any atom is -0.481 e. The van der Waals surface area contributed by atoms with Crippen molar-refractivity contribution in [1.29, 1.82) is 0 Å². The normalized spacial score (nSPS) is 15.4. The van der Waals surface area contributed by atoms with Gasteiger partial charge in [-0.25, -0.2) is 15.0 Å². The van der Waals surface area contributed by atoms with Crippen LogP contribution < -0.4 is 14.8 Å². The second-order valence-electron chi connectivity index (χ2n) is 8.12. The molecule has 1 atom stereocenters. The quantitative estimate of drug-likeness (QED) is 0.537. The zero-order valence-electron chi connectivity index (χ0n) is 18.0. The Labute approximate surface area is 186 Å². The standard InChI is InChI=1S/C23H28N4O5/c28-17(6-2-1-5-16-8-7-15-4-3-11-24-20(15)26-16)9-10-18(23(29)30)19-14-25-21-22(27-19)32-13-12-31-21/h7-8,14,18H,1-6,9-13H2,(H,24,26)(H,29,30)/t18-/m0/s1. The van der Waals surface area contributed by atoms with Crippen LogP contribution in [0.3, 0.4) is 0 Å². The summed E-state index contributed by atoms with van der Waals surface area (Å²) >= 11 is 0. The highest BCUT2D eigenvalue weighted by Gasteiger charge is 2.25. The van der Waals surface area contributed by atoms with E-state index in [0.29, 0.717) is 19.6 Å².